The topological polar surface area (TPSA) is 85.8 Å². The maximum Gasteiger partial charge on any atom is 0.251 e. The minimum Gasteiger partial charge on any atom is -0.508 e. The smallest absolute Gasteiger partial charge is 0.251 e. The van der Waals surface area contributed by atoms with Gasteiger partial charge in [0.1, 0.15) is 5.75 Å². The molecule has 0 unspecified atom stereocenters. The number of rotatable bonds is 8. The lowest BCUT2D eigenvalue weighted by atomic mass is 9.84. The number of phenols is 1. The summed E-state index contributed by atoms with van der Waals surface area (Å²) in [6.07, 6.45) is 6.36. The molecule has 1 aromatic rings. The molecule has 0 atom stereocenters. The van der Waals surface area contributed by atoms with Gasteiger partial charge in [0.15, 0.2) is 5.96 Å². The van der Waals surface area contributed by atoms with Crippen LogP contribution in [0.1, 0.15) is 56.3 Å². The molecule has 6 heteroatoms. The Morgan fingerprint density at radius 3 is 2.35 bits per heavy atom. The van der Waals surface area contributed by atoms with Gasteiger partial charge >= 0.3 is 0 Å². The second-order valence-electron chi connectivity index (χ2n) is 6.99. The number of benzene rings is 1. The van der Waals surface area contributed by atoms with Crippen molar-refractivity contribution >= 4 is 11.9 Å². The Hall–Kier alpha value is -2.24. The van der Waals surface area contributed by atoms with Crippen LogP contribution in [0.5, 0.6) is 5.75 Å². The molecule has 0 bridgehead atoms. The van der Waals surface area contributed by atoms with E-state index in [1.165, 1.54) is 44.2 Å². The van der Waals surface area contributed by atoms with Gasteiger partial charge in [-0.05, 0) is 55.9 Å². The van der Waals surface area contributed by atoms with Crippen molar-refractivity contribution in [1.29, 1.82) is 0 Å². The summed E-state index contributed by atoms with van der Waals surface area (Å²) in [5.74, 6) is 0.817. The summed E-state index contributed by atoms with van der Waals surface area (Å²) in [7, 11) is 0. The van der Waals surface area contributed by atoms with E-state index in [0.717, 1.165) is 19.0 Å². The van der Waals surface area contributed by atoms with E-state index in [1.54, 1.807) is 12.1 Å². The van der Waals surface area contributed by atoms with Crippen molar-refractivity contribution in [2.24, 2.45) is 10.4 Å². The second-order valence-corrected chi connectivity index (χ2v) is 6.99. The number of nitrogens with one attached hydrogen (secondary N) is 3. The number of guanidine groups is 1. The Kier molecular flexibility index (Phi) is 7.75. The van der Waals surface area contributed by atoms with Gasteiger partial charge in [0, 0.05) is 31.7 Å². The monoisotopic (exact) mass is 360 g/mol. The Labute approximate surface area is 156 Å². The highest BCUT2D eigenvalue weighted by molar-refractivity contribution is 5.94. The maximum atomic E-state index is 12.0. The van der Waals surface area contributed by atoms with Crippen LogP contribution in [0, 0.1) is 5.41 Å². The van der Waals surface area contributed by atoms with Crippen LogP contribution in [-0.2, 0) is 0 Å². The molecule has 1 fully saturated rings. The molecule has 0 aliphatic heterocycles. The van der Waals surface area contributed by atoms with Gasteiger partial charge in [-0.3, -0.25) is 9.79 Å². The Morgan fingerprint density at radius 2 is 1.73 bits per heavy atom. The minimum atomic E-state index is -0.148. The molecule has 2 rings (SSSR count). The van der Waals surface area contributed by atoms with Crippen LogP contribution < -0.4 is 16.0 Å². The molecule has 1 aliphatic carbocycles. The number of amides is 1. The summed E-state index contributed by atoms with van der Waals surface area (Å²) < 4.78 is 0. The van der Waals surface area contributed by atoms with E-state index in [0.29, 0.717) is 24.1 Å². The first-order chi connectivity index (χ1) is 12.6. The Bertz CT molecular complexity index is 592. The zero-order valence-electron chi connectivity index (χ0n) is 16.0. The maximum absolute atomic E-state index is 12.0. The van der Waals surface area contributed by atoms with E-state index in [4.69, 9.17) is 4.99 Å². The molecular formula is C20H32N4O2. The van der Waals surface area contributed by atoms with Crippen molar-refractivity contribution < 1.29 is 9.90 Å². The first-order valence-corrected chi connectivity index (χ1v) is 9.68. The van der Waals surface area contributed by atoms with Gasteiger partial charge in [-0.2, -0.15) is 0 Å². The number of phenolic OH excluding ortho intramolecular Hbond substituents is 1. The third kappa shape index (κ3) is 5.93. The van der Waals surface area contributed by atoms with Crippen LogP contribution in [0.15, 0.2) is 29.3 Å². The highest BCUT2D eigenvalue weighted by Gasteiger charge is 2.31. The third-order valence-electron chi connectivity index (χ3n) is 5.16. The van der Waals surface area contributed by atoms with Crippen molar-refractivity contribution in [2.75, 3.05) is 26.2 Å². The summed E-state index contributed by atoms with van der Waals surface area (Å²) in [6.45, 7) is 7.09. The van der Waals surface area contributed by atoms with Crippen molar-refractivity contribution in [3.63, 3.8) is 0 Å². The van der Waals surface area contributed by atoms with Crippen molar-refractivity contribution in [3.8, 4) is 5.75 Å². The van der Waals surface area contributed by atoms with E-state index in [2.05, 4.69) is 29.8 Å². The molecule has 6 nitrogen and oxygen atoms in total. The molecule has 0 saturated heterocycles. The van der Waals surface area contributed by atoms with Gasteiger partial charge in [-0.15, -0.1) is 0 Å². The fraction of sp³-hybridized carbons (Fsp3) is 0.600. The van der Waals surface area contributed by atoms with Gasteiger partial charge in [-0.25, -0.2) is 0 Å². The van der Waals surface area contributed by atoms with Crippen molar-refractivity contribution in [3.05, 3.63) is 29.8 Å². The first-order valence-electron chi connectivity index (χ1n) is 9.68. The standard InChI is InChI=1S/C20H32N4O2/c1-3-20(11-5-6-12-20)15-24-19(21-4-2)23-14-13-22-18(26)16-7-9-17(25)10-8-16/h7-10,25H,3-6,11-15H2,1-2H3,(H,22,26)(H2,21,23,24). The molecule has 26 heavy (non-hydrogen) atoms. The van der Waals surface area contributed by atoms with Gasteiger partial charge in [-0.1, -0.05) is 19.8 Å². The lowest BCUT2D eigenvalue weighted by Gasteiger charge is -2.25. The van der Waals surface area contributed by atoms with E-state index < -0.39 is 0 Å². The van der Waals surface area contributed by atoms with Crippen LogP contribution in [-0.4, -0.2) is 43.2 Å². The zero-order chi connectivity index (χ0) is 18.8. The van der Waals surface area contributed by atoms with Gasteiger partial charge in [0.25, 0.3) is 5.91 Å². The lowest BCUT2D eigenvalue weighted by molar-refractivity contribution is 0.0954. The Balaban J connectivity index is 1.78. The molecule has 144 valence electrons. The summed E-state index contributed by atoms with van der Waals surface area (Å²) in [4.78, 5) is 16.8. The second kappa shape index (κ2) is 10.0. The fourth-order valence-electron chi connectivity index (χ4n) is 3.41. The fourth-order valence-corrected chi connectivity index (χ4v) is 3.41. The van der Waals surface area contributed by atoms with Crippen molar-refractivity contribution in [2.45, 2.75) is 46.0 Å². The Morgan fingerprint density at radius 1 is 1.08 bits per heavy atom. The minimum absolute atomic E-state index is 0.148. The average molecular weight is 361 g/mol. The van der Waals surface area contributed by atoms with Crippen LogP contribution in [0.25, 0.3) is 0 Å². The number of hydrogen-bond donors (Lipinski definition) is 4. The molecular weight excluding hydrogens is 328 g/mol. The predicted molar refractivity (Wildman–Crippen MR) is 106 cm³/mol. The molecule has 1 saturated carbocycles. The summed E-state index contributed by atoms with van der Waals surface area (Å²) in [5.41, 5.74) is 0.907. The van der Waals surface area contributed by atoms with Gasteiger partial charge < -0.3 is 21.1 Å². The van der Waals surface area contributed by atoms with Crippen LogP contribution in [0.3, 0.4) is 0 Å². The molecule has 4 N–H and O–H groups in total. The lowest BCUT2D eigenvalue weighted by Crippen LogP contribution is -2.42. The number of nitrogens with zero attached hydrogens (tertiary/aromatic N) is 1. The first kappa shape index (κ1) is 20.1. The average Bonchev–Trinajstić information content (AvgIpc) is 3.13. The zero-order valence-corrected chi connectivity index (χ0v) is 16.0. The predicted octanol–water partition coefficient (Wildman–Crippen LogP) is 2.65. The normalized spacial score (nSPS) is 16.3. The molecule has 0 radical (unpaired) electrons. The molecule has 0 aromatic heterocycles. The molecule has 1 aromatic carbocycles. The van der Waals surface area contributed by atoms with Crippen LogP contribution in [0.2, 0.25) is 0 Å². The van der Waals surface area contributed by atoms with E-state index in [-0.39, 0.29) is 11.7 Å². The van der Waals surface area contributed by atoms with Crippen molar-refractivity contribution in [1.82, 2.24) is 16.0 Å². The summed E-state index contributed by atoms with van der Waals surface area (Å²) in [5, 5.41) is 18.7. The third-order valence-corrected chi connectivity index (χ3v) is 5.16. The van der Waals surface area contributed by atoms with Gasteiger partial charge in [0.05, 0.1) is 0 Å². The highest BCUT2D eigenvalue weighted by Crippen LogP contribution is 2.41. The van der Waals surface area contributed by atoms with E-state index in [1.807, 2.05) is 0 Å². The largest absolute Gasteiger partial charge is 0.508 e. The molecule has 1 amide bonds. The molecule has 1 aliphatic rings. The van der Waals surface area contributed by atoms with Crippen LogP contribution >= 0.6 is 0 Å². The number of hydrogen-bond acceptors (Lipinski definition) is 3. The SMILES string of the molecule is CCNC(=NCC1(CC)CCCC1)NCCNC(=O)c1ccc(O)cc1. The number of carbonyl (C=O) groups is 1. The van der Waals surface area contributed by atoms with Crippen LogP contribution in [0.4, 0.5) is 0 Å². The number of aliphatic imine (C=N–C) groups is 1. The van der Waals surface area contributed by atoms with E-state index in [9.17, 15) is 9.90 Å². The summed E-state index contributed by atoms with van der Waals surface area (Å²) >= 11 is 0. The summed E-state index contributed by atoms with van der Waals surface area (Å²) in [6, 6.07) is 6.23. The number of carbonyl (C=O) groups excluding carboxylic acids is 1. The molecule has 0 heterocycles. The van der Waals surface area contributed by atoms with Gasteiger partial charge in [0.2, 0.25) is 0 Å². The molecule has 0 spiro atoms. The number of aromatic hydroxyl groups is 1. The highest BCUT2D eigenvalue weighted by atomic mass is 16.3. The quantitative estimate of drug-likeness (QED) is 0.326. The van der Waals surface area contributed by atoms with E-state index >= 15 is 0 Å².